The van der Waals surface area contributed by atoms with Gasteiger partial charge in [0.05, 0.1) is 13.2 Å². The second-order valence-electron chi connectivity index (χ2n) is 5.13. The van der Waals surface area contributed by atoms with Crippen molar-refractivity contribution in [2.24, 2.45) is 11.7 Å². The largest absolute Gasteiger partial charge is 0.380 e. The van der Waals surface area contributed by atoms with Crippen molar-refractivity contribution in [3.63, 3.8) is 0 Å². The molecule has 108 valence electrons. The molecule has 0 radical (unpaired) electrons. The van der Waals surface area contributed by atoms with Crippen LogP contribution in [0.1, 0.15) is 33.1 Å². The zero-order valence-corrected chi connectivity index (χ0v) is 12.1. The van der Waals surface area contributed by atoms with Gasteiger partial charge < -0.3 is 15.2 Å². The highest BCUT2D eigenvalue weighted by Gasteiger charge is 2.23. The van der Waals surface area contributed by atoms with Crippen LogP contribution in [0.4, 0.5) is 0 Å². The van der Waals surface area contributed by atoms with Crippen molar-refractivity contribution >= 4 is 0 Å². The van der Waals surface area contributed by atoms with Crippen LogP contribution in [0.15, 0.2) is 0 Å². The molecule has 1 aliphatic carbocycles. The third-order valence-corrected chi connectivity index (χ3v) is 3.61. The van der Waals surface area contributed by atoms with Crippen LogP contribution in [0, 0.1) is 5.92 Å². The maximum atomic E-state index is 5.98. The summed E-state index contributed by atoms with van der Waals surface area (Å²) < 4.78 is 10.9. The molecule has 0 aliphatic heterocycles. The summed E-state index contributed by atoms with van der Waals surface area (Å²) in [6, 6.07) is 0.427. The van der Waals surface area contributed by atoms with Gasteiger partial charge in [-0.3, -0.25) is 4.90 Å². The SMILES string of the molecule is CCOCCN(CCOCC)CC1CCC(N)C1. The van der Waals surface area contributed by atoms with Gasteiger partial charge in [-0.25, -0.2) is 0 Å². The zero-order valence-electron chi connectivity index (χ0n) is 12.1. The van der Waals surface area contributed by atoms with Gasteiger partial charge in [0.15, 0.2) is 0 Å². The van der Waals surface area contributed by atoms with E-state index in [0.717, 1.165) is 52.0 Å². The Labute approximate surface area is 112 Å². The van der Waals surface area contributed by atoms with Crippen molar-refractivity contribution in [2.45, 2.75) is 39.2 Å². The van der Waals surface area contributed by atoms with Gasteiger partial charge >= 0.3 is 0 Å². The van der Waals surface area contributed by atoms with Crippen LogP contribution >= 0.6 is 0 Å². The smallest absolute Gasteiger partial charge is 0.0593 e. The first-order chi connectivity index (χ1) is 8.76. The molecule has 0 aromatic carbocycles. The van der Waals surface area contributed by atoms with Gasteiger partial charge in [-0.1, -0.05) is 0 Å². The van der Waals surface area contributed by atoms with Gasteiger partial charge in [-0.05, 0) is 39.0 Å². The highest BCUT2D eigenvalue weighted by atomic mass is 16.5. The van der Waals surface area contributed by atoms with Gasteiger partial charge in [-0.2, -0.15) is 0 Å². The van der Waals surface area contributed by atoms with Crippen LogP contribution in [0.3, 0.4) is 0 Å². The van der Waals surface area contributed by atoms with Gasteiger partial charge in [0.25, 0.3) is 0 Å². The normalized spacial score (nSPS) is 24.0. The number of hydrogen-bond donors (Lipinski definition) is 1. The highest BCUT2D eigenvalue weighted by Crippen LogP contribution is 2.24. The molecule has 1 fully saturated rings. The Bertz CT molecular complexity index is 192. The number of ether oxygens (including phenoxy) is 2. The topological polar surface area (TPSA) is 47.7 Å². The Morgan fingerprint density at radius 2 is 1.67 bits per heavy atom. The number of nitrogens with zero attached hydrogens (tertiary/aromatic N) is 1. The molecule has 4 heteroatoms. The zero-order chi connectivity index (χ0) is 13.2. The van der Waals surface area contributed by atoms with E-state index in [0.29, 0.717) is 6.04 Å². The van der Waals surface area contributed by atoms with Gasteiger partial charge in [-0.15, -0.1) is 0 Å². The summed E-state index contributed by atoms with van der Waals surface area (Å²) in [4.78, 5) is 2.47. The molecule has 2 atom stereocenters. The van der Waals surface area contributed by atoms with Crippen molar-refractivity contribution in [3.8, 4) is 0 Å². The average molecular weight is 258 g/mol. The maximum Gasteiger partial charge on any atom is 0.0593 e. The van der Waals surface area contributed by atoms with E-state index in [2.05, 4.69) is 4.90 Å². The monoisotopic (exact) mass is 258 g/mol. The molecule has 4 nitrogen and oxygen atoms in total. The minimum Gasteiger partial charge on any atom is -0.380 e. The second kappa shape index (κ2) is 9.73. The Morgan fingerprint density at radius 3 is 2.11 bits per heavy atom. The first-order valence-corrected chi connectivity index (χ1v) is 7.39. The van der Waals surface area contributed by atoms with Crippen LogP contribution in [0.2, 0.25) is 0 Å². The first kappa shape index (κ1) is 15.9. The number of nitrogens with two attached hydrogens (primary N) is 1. The standard InChI is InChI=1S/C14H30N2O2/c1-3-17-9-7-16(8-10-18-4-2)12-13-5-6-14(15)11-13/h13-14H,3-12,15H2,1-2H3. The van der Waals surface area contributed by atoms with Crippen LogP contribution in [-0.2, 0) is 9.47 Å². The molecule has 0 spiro atoms. The van der Waals surface area contributed by atoms with Crippen molar-refractivity contribution in [2.75, 3.05) is 46.1 Å². The van der Waals surface area contributed by atoms with Crippen LogP contribution in [0.5, 0.6) is 0 Å². The van der Waals surface area contributed by atoms with E-state index in [9.17, 15) is 0 Å². The van der Waals surface area contributed by atoms with E-state index in [4.69, 9.17) is 15.2 Å². The Morgan fingerprint density at radius 1 is 1.06 bits per heavy atom. The Hall–Kier alpha value is -0.160. The maximum absolute atomic E-state index is 5.98. The minimum atomic E-state index is 0.427. The molecule has 0 amide bonds. The van der Waals surface area contributed by atoms with Crippen LogP contribution < -0.4 is 5.73 Å². The molecule has 0 aromatic rings. The van der Waals surface area contributed by atoms with Crippen molar-refractivity contribution in [3.05, 3.63) is 0 Å². The second-order valence-corrected chi connectivity index (χ2v) is 5.13. The molecule has 0 saturated heterocycles. The van der Waals surface area contributed by atoms with Crippen molar-refractivity contribution in [1.29, 1.82) is 0 Å². The molecular formula is C14H30N2O2. The summed E-state index contributed by atoms with van der Waals surface area (Å²) in [6.07, 6.45) is 3.65. The molecule has 2 unspecified atom stereocenters. The fourth-order valence-corrected chi connectivity index (χ4v) is 2.61. The summed E-state index contributed by atoms with van der Waals surface area (Å²) in [5, 5.41) is 0. The molecule has 18 heavy (non-hydrogen) atoms. The molecule has 1 saturated carbocycles. The minimum absolute atomic E-state index is 0.427. The fourth-order valence-electron chi connectivity index (χ4n) is 2.61. The lowest BCUT2D eigenvalue weighted by Gasteiger charge is -2.25. The Kier molecular flexibility index (Phi) is 8.59. The molecule has 1 rings (SSSR count). The lowest BCUT2D eigenvalue weighted by Crippen LogP contribution is -2.35. The molecule has 1 aliphatic rings. The predicted molar refractivity (Wildman–Crippen MR) is 74.7 cm³/mol. The van der Waals surface area contributed by atoms with Gasteiger partial charge in [0, 0.05) is 38.9 Å². The lowest BCUT2D eigenvalue weighted by molar-refractivity contribution is 0.0759. The summed E-state index contributed by atoms with van der Waals surface area (Å²) in [7, 11) is 0. The molecular weight excluding hydrogens is 228 g/mol. The van der Waals surface area contributed by atoms with E-state index in [-0.39, 0.29) is 0 Å². The van der Waals surface area contributed by atoms with E-state index < -0.39 is 0 Å². The molecule has 0 bridgehead atoms. The van der Waals surface area contributed by atoms with Crippen molar-refractivity contribution in [1.82, 2.24) is 4.90 Å². The van der Waals surface area contributed by atoms with E-state index in [1.807, 2.05) is 13.8 Å². The summed E-state index contributed by atoms with van der Waals surface area (Å²) in [5.41, 5.74) is 5.98. The Balaban J connectivity index is 2.23. The van der Waals surface area contributed by atoms with Gasteiger partial charge in [0.2, 0.25) is 0 Å². The van der Waals surface area contributed by atoms with Gasteiger partial charge in [0.1, 0.15) is 0 Å². The lowest BCUT2D eigenvalue weighted by atomic mass is 10.1. The predicted octanol–water partition coefficient (Wildman–Crippen LogP) is 1.49. The van der Waals surface area contributed by atoms with Crippen LogP contribution in [0.25, 0.3) is 0 Å². The third kappa shape index (κ3) is 6.69. The summed E-state index contributed by atoms with van der Waals surface area (Å²) in [5.74, 6) is 0.767. The van der Waals surface area contributed by atoms with Crippen LogP contribution in [-0.4, -0.2) is 57.0 Å². The number of hydrogen-bond acceptors (Lipinski definition) is 4. The fraction of sp³-hybridized carbons (Fsp3) is 1.00. The summed E-state index contributed by atoms with van der Waals surface area (Å²) >= 11 is 0. The average Bonchev–Trinajstić information content (AvgIpc) is 2.75. The van der Waals surface area contributed by atoms with Crippen molar-refractivity contribution < 1.29 is 9.47 Å². The van der Waals surface area contributed by atoms with E-state index in [1.165, 1.54) is 19.3 Å². The summed E-state index contributed by atoms with van der Waals surface area (Å²) in [6.45, 7) is 10.5. The molecule has 0 aromatic heterocycles. The highest BCUT2D eigenvalue weighted by molar-refractivity contribution is 4.80. The number of rotatable bonds is 10. The quantitative estimate of drug-likeness (QED) is 0.603. The van der Waals surface area contributed by atoms with E-state index >= 15 is 0 Å². The molecule has 0 heterocycles. The van der Waals surface area contributed by atoms with E-state index in [1.54, 1.807) is 0 Å². The first-order valence-electron chi connectivity index (χ1n) is 7.39. The molecule has 2 N–H and O–H groups in total. The third-order valence-electron chi connectivity index (χ3n) is 3.61.